The number of carbonyl (C=O) groups excluding carboxylic acids is 3. The fraction of sp³-hybridized carbons (Fsp3) is 0.625. The van der Waals surface area contributed by atoms with Crippen LogP contribution in [0.2, 0.25) is 0 Å². The molecule has 0 aromatic heterocycles. The van der Waals surface area contributed by atoms with Crippen molar-refractivity contribution in [3.63, 3.8) is 0 Å². The number of urea groups is 1. The minimum Gasteiger partial charge on any atom is -0.314 e. The summed E-state index contributed by atoms with van der Waals surface area (Å²) >= 11 is 0. The summed E-state index contributed by atoms with van der Waals surface area (Å²) in [6, 6.07) is -0.740. The molecule has 7 nitrogen and oxygen atoms in total. The summed E-state index contributed by atoms with van der Waals surface area (Å²) < 4.78 is 0. The summed E-state index contributed by atoms with van der Waals surface area (Å²) in [5.41, 5.74) is 0. The predicted octanol–water partition coefficient (Wildman–Crippen LogP) is -2.08. The molecule has 0 aromatic carbocycles. The molecule has 2 aliphatic rings. The number of hydrogen-bond acceptors (Lipinski definition) is 5. The van der Waals surface area contributed by atoms with E-state index in [-0.39, 0.29) is 6.42 Å². The molecule has 2 saturated heterocycles. The lowest BCUT2D eigenvalue weighted by Crippen LogP contribution is -2.49. The molecule has 2 heterocycles. The molecule has 0 bridgehead atoms. The fourth-order valence-corrected chi connectivity index (χ4v) is 1.12. The third-order valence-electron chi connectivity index (χ3n) is 1.78. The van der Waals surface area contributed by atoms with Gasteiger partial charge in [0.15, 0.2) is 0 Å². The van der Waals surface area contributed by atoms with E-state index in [0.29, 0.717) is 0 Å². The molecule has 4 amide bonds. The molecule has 2 fully saturated rings. The summed E-state index contributed by atoms with van der Waals surface area (Å²) in [4.78, 5) is 30.8. The number of imide groups is 2. The van der Waals surface area contributed by atoms with Gasteiger partial charge >= 0.3 is 6.03 Å². The van der Waals surface area contributed by atoms with Crippen LogP contribution in [-0.2, 0) is 9.59 Å². The van der Waals surface area contributed by atoms with Crippen molar-refractivity contribution in [2.24, 2.45) is 0 Å². The monoisotopic (exact) mass is 214 g/mol. The van der Waals surface area contributed by atoms with Crippen LogP contribution >= 0.6 is 0 Å². The summed E-state index contributed by atoms with van der Waals surface area (Å²) in [6.45, 7) is 4.56. The molecule has 15 heavy (non-hydrogen) atoms. The summed E-state index contributed by atoms with van der Waals surface area (Å²) in [5.74, 6) is -1.10. The minimum absolute atomic E-state index is 0.258. The number of hydrogen-bond donors (Lipinski definition) is 4. The van der Waals surface area contributed by atoms with Crippen molar-refractivity contribution >= 4 is 17.8 Å². The summed E-state index contributed by atoms with van der Waals surface area (Å²) in [7, 11) is 0. The highest BCUT2D eigenvalue weighted by molar-refractivity contribution is 6.14. The van der Waals surface area contributed by atoms with Crippen molar-refractivity contribution in [3.05, 3.63) is 0 Å². The minimum atomic E-state index is -0.740. The molecule has 0 spiro atoms. The molecule has 4 N–H and O–H groups in total. The highest BCUT2D eigenvalue weighted by atomic mass is 16.2. The molecule has 0 unspecified atom stereocenters. The van der Waals surface area contributed by atoms with Gasteiger partial charge in [-0.1, -0.05) is 0 Å². The Hall–Kier alpha value is -1.47. The second-order valence-electron chi connectivity index (χ2n) is 3.10. The summed E-state index contributed by atoms with van der Waals surface area (Å²) in [5, 5.41) is 10.2. The molecular formula is C8H14N4O3. The van der Waals surface area contributed by atoms with Crippen LogP contribution in [0.15, 0.2) is 0 Å². The number of nitrogens with one attached hydrogen (secondary N) is 4. The molecule has 84 valence electrons. The molecule has 0 aliphatic carbocycles. The van der Waals surface area contributed by atoms with E-state index in [2.05, 4.69) is 10.6 Å². The van der Waals surface area contributed by atoms with Crippen LogP contribution in [0, 0.1) is 0 Å². The van der Waals surface area contributed by atoms with Crippen molar-refractivity contribution in [3.8, 4) is 0 Å². The number of rotatable bonds is 0. The van der Waals surface area contributed by atoms with Gasteiger partial charge in [-0.3, -0.25) is 20.2 Å². The maximum absolute atomic E-state index is 10.3. The maximum atomic E-state index is 10.3. The first-order valence-electron chi connectivity index (χ1n) is 4.73. The topological polar surface area (TPSA) is 99.3 Å². The van der Waals surface area contributed by atoms with Gasteiger partial charge in [-0.25, -0.2) is 4.79 Å². The first kappa shape index (κ1) is 11.6. The second kappa shape index (κ2) is 6.10. The quantitative estimate of drug-likeness (QED) is 0.347. The van der Waals surface area contributed by atoms with Crippen molar-refractivity contribution < 1.29 is 14.4 Å². The Morgan fingerprint density at radius 3 is 1.40 bits per heavy atom. The average Bonchev–Trinajstić information content (AvgIpc) is 2.19. The molecule has 7 heteroatoms. The van der Waals surface area contributed by atoms with Crippen molar-refractivity contribution in [1.82, 2.24) is 21.3 Å². The zero-order valence-corrected chi connectivity index (χ0v) is 8.26. The zero-order chi connectivity index (χ0) is 11.1. The Bertz CT molecular complexity index is 206. The van der Waals surface area contributed by atoms with Gasteiger partial charge in [0.1, 0.15) is 6.42 Å². The molecule has 0 aromatic rings. The Morgan fingerprint density at radius 1 is 0.733 bits per heavy atom. The zero-order valence-electron chi connectivity index (χ0n) is 8.26. The maximum Gasteiger partial charge on any atom is 0.328 e. The van der Waals surface area contributed by atoms with E-state index in [9.17, 15) is 14.4 Å². The second-order valence-corrected chi connectivity index (χ2v) is 3.10. The molecule has 0 saturated carbocycles. The van der Waals surface area contributed by atoms with E-state index in [1.807, 2.05) is 10.6 Å². The number of barbiturate groups is 1. The normalized spacial score (nSPS) is 20.9. The fourth-order valence-electron chi connectivity index (χ4n) is 1.12. The Morgan fingerprint density at radius 2 is 1.13 bits per heavy atom. The highest BCUT2D eigenvalue weighted by Gasteiger charge is 2.20. The third kappa shape index (κ3) is 5.08. The Labute approximate surface area is 87.0 Å². The largest absolute Gasteiger partial charge is 0.328 e. The van der Waals surface area contributed by atoms with Crippen molar-refractivity contribution in [2.45, 2.75) is 6.42 Å². The van der Waals surface area contributed by atoms with Crippen LogP contribution < -0.4 is 21.3 Å². The van der Waals surface area contributed by atoms with Gasteiger partial charge in [0, 0.05) is 26.2 Å². The van der Waals surface area contributed by atoms with E-state index < -0.39 is 17.8 Å². The standard InChI is InChI=1S/C4H4N2O3.C4H10N2/c7-2-1-3(8)6-4(9)5-2;1-2-6-4-3-5-1/h1H2,(H2,5,6,7,8,9);5-6H,1-4H2. The van der Waals surface area contributed by atoms with Crippen LogP contribution in [0.1, 0.15) is 6.42 Å². The Balaban J connectivity index is 0.000000162. The summed E-state index contributed by atoms with van der Waals surface area (Å²) in [6.07, 6.45) is -0.258. The van der Waals surface area contributed by atoms with Crippen LogP contribution in [0.4, 0.5) is 4.79 Å². The van der Waals surface area contributed by atoms with Gasteiger partial charge in [0.05, 0.1) is 0 Å². The first-order valence-corrected chi connectivity index (χ1v) is 4.73. The van der Waals surface area contributed by atoms with E-state index in [1.165, 1.54) is 0 Å². The van der Waals surface area contributed by atoms with E-state index in [0.717, 1.165) is 26.2 Å². The Kier molecular flexibility index (Phi) is 4.72. The first-order chi connectivity index (χ1) is 7.18. The molecule has 0 radical (unpaired) electrons. The van der Waals surface area contributed by atoms with Crippen LogP contribution in [0.25, 0.3) is 0 Å². The van der Waals surface area contributed by atoms with Crippen LogP contribution in [0.5, 0.6) is 0 Å². The van der Waals surface area contributed by atoms with Gasteiger partial charge in [0.25, 0.3) is 0 Å². The van der Waals surface area contributed by atoms with Gasteiger partial charge in [-0.2, -0.15) is 0 Å². The number of amides is 4. The number of piperazine rings is 1. The predicted molar refractivity (Wildman–Crippen MR) is 52.0 cm³/mol. The van der Waals surface area contributed by atoms with Gasteiger partial charge in [-0.05, 0) is 0 Å². The van der Waals surface area contributed by atoms with Crippen molar-refractivity contribution in [1.29, 1.82) is 0 Å². The lowest BCUT2D eigenvalue weighted by molar-refractivity contribution is -0.129. The number of carbonyl (C=O) groups is 3. The van der Waals surface area contributed by atoms with E-state index >= 15 is 0 Å². The molecule has 2 aliphatic heterocycles. The van der Waals surface area contributed by atoms with Gasteiger partial charge in [0.2, 0.25) is 11.8 Å². The molecule has 0 atom stereocenters. The van der Waals surface area contributed by atoms with Gasteiger partial charge < -0.3 is 10.6 Å². The van der Waals surface area contributed by atoms with Gasteiger partial charge in [-0.15, -0.1) is 0 Å². The SMILES string of the molecule is C1CNCCN1.O=C1CC(=O)NC(=O)N1. The van der Waals surface area contributed by atoms with Crippen molar-refractivity contribution in [2.75, 3.05) is 26.2 Å². The van der Waals surface area contributed by atoms with Crippen LogP contribution in [0.3, 0.4) is 0 Å². The molecule has 2 rings (SSSR count). The van der Waals surface area contributed by atoms with E-state index in [4.69, 9.17) is 0 Å². The highest BCUT2D eigenvalue weighted by Crippen LogP contribution is 1.85. The van der Waals surface area contributed by atoms with Crippen LogP contribution in [-0.4, -0.2) is 44.0 Å². The lowest BCUT2D eigenvalue weighted by Gasteiger charge is -2.11. The molecular weight excluding hydrogens is 200 g/mol. The average molecular weight is 214 g/mol. The lowest BCUT2D eigenvalue weighted by atomic mass is 10.3. The van der Waals surface area contributed by atoms with E-state index in [1.54, 1.807) is 0 Å². The smallest absolute Gasteiger partial charge is 0.314 e. The third-order valence-corrected chi connectivity index (χ3v) is 1.78.